The van der Waals surface area contributed by atoms with Crippen LogP contribution >= 0.6 is 0 Å². The Morgan fingerprint density at radius 2 is 1.76 bits per heavy atom. The van der Waals surface area contributed by atoms with Gasteiger partial charge in [-0.3, -0.25) is 0 Å². The molecule has 0 amide bonds. The van der Waals surface area contributed by atoms with Gasteiger partial charge >= 0.3 is 5.63 Å². The molecule has 3 atom stereocenters. The molecule has 0 radical (unpaired) electrons. The van der Waals surface area contributed by atoms with E-state index >= 15 is 0 Å². The van der Waals surface area contributed by atoms with Gasteiger partial charge in [0, 0.05) is 23.5 Å². The third-order valence-corrected chi connectivity index (χ3v) is 6.37. The van der Waals surface area contributed by atoms with Crippen LogP contribution in [0.25, 0.3) is 21.7 Å². The number of hydrogen-bond donors (Lipinski definition) is 1. The summed E-state index contributed by atoms with van der Waals surface area (Å²) in [6.45, 7) is 0.722. The lowest BCUT2D eigenvalue weighted by Gasteiger charge is -2.43. The summed E-state index contributed by atoms with van der Waals surface area (Å²) < 4.78 is 11.9. The first kappa shape index (κ1) is 16.8. The minimum atomic E-state index is -0.322. The van der Waals surface area contributed by atoms with Crippen LogP contribution in [0.15, 0.2) is 75.9 Å². The maximum atomic E-state index is 12.9. The Morgan fingerprint density at radius 3 is 2.69 bits per heavy atom. The minimum Gasteiger partial charge on any atom is -0.421 e. The third kappa shape index (κ3) is 2.60. The zero-order valence-corrected chi connectivity index (χ0v) is 15.9. The van der Waals surface area contributed by atoms with Gasteiger partial charge in [-0.25, -0.2) is 4.79 Å². The van der Waals surface area contributed by atoms with E-state index in [1.165, 1.54) is 16.3 Å². The van der Waals surface area contributed by atoms with E-state index in [0.29, 0.717) is 11.3 Å². The molecule has 2 aliphatic heterocycles. The highest BCUT2D eigenvalue weighted by Crippen LogP contribution is 2.50. The number of para-hydroxylation sites is 1. The number of hydrogen-bond acceptors (Lipinski definition) is 4. The van der Waals surface area contributed by atoms with Crippen molar-refractivity contribution in [2.24, 2.45) is 5.92 Å². The summed E-state index contributed by atoms with van der Waals surface area (Å²) in [7, 11) is 0. The minimum absolute atomic E-state index is 0.0152. The van der Waals surface area contributed by atoms with E-state index in [-0.39, 0.29) is 23.7 Å². The van der Waals surface area contributed by atoms with Crippen molar-refractivity contribution < 1.29 is 9.15 Å². The lowest BCUT2D eigenvalue weighted by atomic mass is 9.77. The number of nitrogens with one attached hydrogen (secondary N) is 1. The average molecular weight is 383 g/mol. The van der Waals surface area contributed by atoms with E-state index < -0.39 is 0 Å². The molecule has 0 spiro atoms. The Kier molecular flexibility index (Phi) is 3.74. The second-order valence-corrected chi connectivity index (χ2v) is 8.00. The number of anilines is 1. The monoisotopic (exact) mass is 383 g/mol. The van der Waals surface area contributed by atoms with Gasteiger partial charge in [0.05, 0.1) is 12.1 Å². The smallest absolute Gasteiger partial charge is 0.360 e. The van der Waals surface area contributed by atoms with Crippen LogP contribution in [0.2, 0.25) is 0 Å². The first-order valence-electron chi connectivity index (χ1n) is 10.2. The van der Waals surface area contributed by atoms with E-state index in [4.69, 9.17) is 9.15 Å². The molecule has 0 aliphatic carbocycles. The van der Waals surface area contributed by atoms with Crippen LogP contribution < -0.4 is 10.9 Å². The molecule has 3 heterocycles. The number of rotatable bonds is 1. The molecule has 1 fully saturated rings. The molecule has 144 valence electrons. The summed E-state index contributed by atoms with van der Waals surface area (Å²) in [5.41, 5.74) is 2.98. The molecular weight excluding hydrogens is 362 g/mol. The molecule has 29 heavy (non-hydrogen) atoms. The highest BCUT2D eigenvalue weighted by atomic mass is 16.5. The van der Waals surface area contributed by atoms with Gasteiger partial charge in [-0.1, -0.05) is 54.6 Å². The van der Waals surface area contributed by atoms with Crippen molar-refractivity contribution in [1.82, 2.24) is 0 Å². The topological polar surface area (TPSA) is 51.5 Å². The fraction of sp³-hybridized carbons (Fsp3) is 0.240. The highest BCUT2D eigenvalue weighted by molar-refractivity contribution is 5.86. The molecule has 4 nitrogen and oxygen atoms in total. The van der Waals surface area contributed by atoms with Crippen LogP contribution in [0, 0.1) is 5.92 Å². The molecule has 1 saturated heterocycles. The van der Waals surface area contributed by atoms with Gasteiger partial charge in [-0.2, -0.15) is 0 Å². The van der Waals surface area contributed by atoms with Crippen LogP contribution in [0.4, 0.5) is 5.69 Å². The second kappa shape index (κ2) is 6.46. The van der Waals surface area contributed by atoms with Gasteiger partial charge in [0.2, 0.25) is 0 Å². The Hall–Kier alpha value is -3.11. The summed E-state index contributed by atoms with van der Waals surface area (Å²) in [5, 5.41) is 6.93. The second-order valence-electron chi connectivity index (χ2n) is 8.00. The number of ether oxygens (including phenoxy) is 1. The first-order valence-corrected chi connectivity index (χ1v) is 10.2. The maximum absolute atomic E-state index is 12.9. The van der Waals surface area contributed by atoms with Gasteiger partial charge in [0.15, 0.2) is 0 Å². The summed E-state index contributed by atoms with van der Waals surface area (Å²) in [5.74, 6) is 0.266. The van der Waals surface area contributed by atoms with E-state index in [1.54, 1.807) is 0 Å². The molecule has 3 aromatic carbocycles. The molecule has 0 saturated carbocycles. The lowest BCUT2D eigenvalue weighted by molar-refractivity contribution is -0.0375. The van der Waals surface area contributed by atoms with Gasteiger partial charge in [0.25, 0.3) is 0 Å². The van der Waals surface area contributed by atoms with E-state index in [1.807, 2.05) is 24.3 Å². The Morgan fingerprint density at radius 1 is 0.931 bits per heavy atom. The summed E-state index contributed by atoms with van der Waals surface area (Å²) in [6.07, 6.45) is 1.98. The van der Waals surface area contributed by atoms with Crippen LogP contribution in [0.1, 0.15) is 36.1 Å². The summed E-state index contributed by atoms with van der Waals surface area (Å²) >= 11 is 0. The highest BCUT2D eigenvalue weighted by Gasteiger charge is 2.42. The summed E-state index contributed by atoms with van der Waals surface area (Å²) in [4.78, 5) is 12.9. The molecular formula is C25H21NO3. The van der Waals surface area contributed by atoms with Crippen molar-refractivity contribution in [3.8, 4) is 0 Å². The Balaban J connectivity index is 1.55. The standard InChI is InChI=1S/C25H21NO3/c27-25-23-21(18-8-3-4-10-20(18)29-25)24-19(9-5-13-28-24)22(26-23)17-12-11-15-6-1-2-7-16(15)14-17/h1-4,6-8,10-12,14,19,22,24,26H,5,9,13H2/t19-,22-,24-/m1/s1. The van der Waals surface area contributed by atoms with Gasteiger partial charge in [-0.05, 0) is 41.3 Å². The van der Waals surface area contributed by atoms with Crippen LogP contribution in [0.3, 0.4) is 0 Å². The third-order valence-electron chi connectivity index (χ3n) is 6.37. The Bertz CT molecular complexity index is 1290. The number of fused-ring (bicyclic) bond motifs is 6. The molecule has 6 rings (SSSR count). The molecule has 4 aromatic rings. The van der Waals surface area contributed by atoms with Crippen LogP contribution in [-0.2, 0) is 4.74 Å². The lowest BCUT2D eigenvalue weighted by Crippen LogP contribution is -2.38. The molecule has 1 aromatic heterocycles. The normalized spacial score (nSPS) is 23.4. The quantitative estimate of drug-likeness (QED) is 0.436. The predicted octanol–water partition coefficient (Wildman–Crippen LogP) is 5.58. The van der Waals surface area contributed by atoms with Crippen molar-refractivity contribution in [1.29, 1.82) is 0 Å². The average Bonchev–Trinajstić information content (AvgIpc) is 2.78. The summed E-state index contributed by atoms with van der Waals surface area (Å²) in [6, 6.07) is 22.7. The first-order chi connectivity index (χ1) is 14.3. The SMILES string of the molecule is O=c1oc2ccccc2c2c1N[C@H](c1ccc3ccccc3c1)[C@H]1CCCO[C@@H]21. The van der Waals surface area contributed by atoms with Crippen molar-refractivity contribution >= 4 is 27.4 Å². The van der Waals surface area contributed by atoms with E-state index in [2.05, 4.69) is 47.8 Å². The molecule has 0 bridgehead atoms. The maximum Gasteiger partial charge on any atom is 0.360 e. The van der Waals surface area contributed by atoms with E-state index in [9.17, 15) is 4.79 Å². The molecule has 0 unspecified atom stereocenters. The van der Waals surface area contributed by atoms with Gasteiger partial charge < -0.3 is 14.5 Å². The van der Waals surface area contributed by atoms with Crippen molar-refractivity contribution in [3.05, 3.63) is 88.3 Å². The zero-order chi connectivity index (χ0) is 19.4. The van der Waals surface area contributed by atoms with Crippen molar-refractivity contribution in [2.45, 2.75) is 25.0 Å². The predicted molar refractivity (Wildman–Crippen MR) is 114 cm³/mol. The zero-order valence-electron chi connectivity index (χ0n) is 15.9. The fourth-order valence-electron chi connectivity index (χ4n) is 5.04. The van der Waals surface area contributed by atoms with Gasteiger partial charge in [0.1, 0.15) is 11.3 Å². The fourth-order valence-corrected chi connectivity index (χ4v) is 5.04. The number of benzene rings is 3. The van der Waals surface area contributed by atoms with Gasteiger partial charge in [-0.15, -0.1) is 0 Å². The van der Waals surface area contributed by atoms with Crippen LogP contribution in [0.5, 0.6) is 0 Å². The van der Waals surface area contributed by atoms with Crippen LogP contribution in [-0.4, -0.2) is 6.61 Å². The molecule has 4 heteroatoms. The van der Waals surface area contributed by atoms with Crippen molar-refractivity contribution in [2.75, 3.05) is 11.9 Å². The van der Waals surface area contributed by atoms with Crippen molar-refractivity contribution in [3.63, 3.8) is 0 Å². The largest absolute Gasteiger partial charge is 0.421 e. The van der Waals surface area contributed by atoms with E-state index in [0.717, 1.165) is 30.4 Å². The molecule has 2 aliphatic rings. The Labute approximate surface area is 168 Å². The molecule has 1 N–H and O–H groups in total.